The van der Waals surface area contributed by atoms with E-state index in [9.17, 15) is 14.7 Å². The monoisotopic (exact) mass is 432 g/mol. The van der Waals surface area contributed by atoms with Crippen molar-refractivity contribution >= 4 is 11.8 Å². The van der Waals surface area contributed by atoms with E-state index in [1.54, 1.807) is 6.08 Å². The Morgan fingerprint density at radius 3 is 2.52 bits per heavy atom. The molecule has 4 aliphatic carbocycles. The summed E-state index contributed by atoms with van der Waals surface area (Å²) >= 11 is 0. The van der Waals surface area contributed by atoms with Crippen molar-refractivity contribution in [1.29, 1.82) is 0 Å². The van der Waals surface area contributed by atoms with E-state index >= 15 is 0 Å². The fourth-order valence-electron chi connectivity index (χ4n) is 8.49. The lowest BCUT2D eigenvalue weighted by Crippen LogP contribution is -2.68. The highest BCUT2D eigenvalue weighted by atomic mass is 16.7. The molecule has 172 valence electrons. The zero-order valence-electron chi connectivity index (χ0n) is 19.2. The number of ether oxygens (including phenoxy) is 3. The van der Waals surface area contributed by atoms with Gasteiger partial charge in [-0.1, -0.05) is 19.9 Å². The largest absolute Gasteiger partial charge is 0.462 e. The summed E-state index contributed by atoms with van der Waals surface area (Å²) in [4.78, 5) is 24.3. The van der Waals surface area contributed by atoms with Crippen molar-refractivity contribution < 1.29 is 28.9 Å². The van der Waals surface area contributed by atoms with Gasteiger partial charge >= 0.3 is 5.97 Å². The van der Waals surface area contributed by atoms with Gasteiger partial charge in [0.25, 0.3) is 0 Å². The van der Waals surface area contributed by atoms with Crippen molar-refractivity contribution in [2.45, 2.75) is 83.7 Å². The zero-order valence-corrected chi connectivity index (χ0v) is 19.2. The number of allylic oxidation sites excluding steroid dienone is 2. The van der Waals surface area contributed by atoms with Gasteiger partial charge in [-0.25, -0.2) is 0 Å². The van der Waals surface area contributed by atoms with Gasteiger partial charge in [0, 0.05) is 24.7 Å². The summed E-state index contributed by atoms with van der Waals surface area (Å²) < 4.78 is 18.1. The van der Waals surface area contributed by atoms with E-state index < -0.39 is 22.9 Å². The third-order valence-electron chi connectivity index (χ3n) is 10.1. The molecule has 0 radical (unpaired) electrons. The molecule has 1 aliphatic heterocycles. The van der Waals surface area contributed by atoms with Crippen molar-refractivity contribution in [3.05, 3.63) is 12.2 Å². The van der Waals surface area contributed by atoms with Crippen LogP contribution < -0.4 is 0 Å². The number of hydrogen-bond donors (Lipinski definition) is 1. The van der Waals surface area contributed by atoms with E-state index in [0.29, 0.717) is 32.5 Å². The number of ketones is 1. The minimum atomic E-state index is -0.970. The van der Waals surface area contributed by atoms with E-state index in [1.165, 1.54) is 6.92 Å². The molecule has 6 heteroatoms. The first-order valence-corrected chi connectivity index (χ1v) is 11.9. The van der Waals surface area contributed by atoms with Crippen molar-refractivity contribution in [2.75, 3.05) is 13.2 Å². The Morgan fingerprint density at radius 2 is 1.84 bits per heavy atom. The minimum absolute atomic E-state index is 0.0631. The molecule has 1 heterocycles. The third kappa shape index (κ3) is 2.80. The average Bonchev–Trinajstić information content (AvgIpc) is 3.25. The summed E-state index contributed by atoms with van der Waals surface area (Å²) in [6.45, 7) is 8.86. The number of rotatable bonds is 2. The van der Waals surface area contributed by atoms with Crippen LogP contribution in [0.25, 0.3) is 0 Å². The van der Waals surface area contributed by atoms with Gasteiger partial charge in [-0.2, -0.15) is 0 Å². The first-order valence-electron chi connectivity index (χ1n) is 11.9. The van der Waals surface area contributed by atoms with Crippen molar-refractivity contribution in [2.24, 2.45) is 34.5 Å². The summed E-state index contributed by atoms with van der Waals surface area (Å²) in [6.07, 6.45) is 7.94. The zero-order chi connectivity index (χ0) is 22.2. The van der Waals surface area contributed by atoms with Gasteiger partial charge in [0.15, 0.2) is 11.6 Å². The second-order valence-corrected chi connectivity index (χ2v) is 11.2. The highest BCUT2D eigenvalue weighted by Gasteiger charge is 2.74. The number of carbonyl (C=O) groups is 2. The van der Waals surface area contributed by atoms with E-state index in [4.69, 9.17) is 14.2 Å². The molecule has 0 spiro atoms. The van der Waals surface area contributed by atoms with Crippen molar-refractivity contribution in [1.82, 2.24) is 0 Å². The van der Waals surface area contributed by atoms with Gasteiger partial charge in [-0.05, 0) is 68.3 Å². The lowest BCUT2D eigenvalue weighted by Gasteiger charge is -2.64. The van der Waals surface area contributed by atoms with Crippen LogP contribution in [0.2, 0.25) is 0 Å². The van der Waals surface area contributed by atoms with E-state index in [0.717, 1.165) is 19.3 Å². The van der Waals surface area contributed by atoms with Gasteiger partial charge in [-0.15, -0.1) is 0 Å². The first-order chi connectivity index (χ1) is 14.5. The predicted molar refractivity (Wildman–Crippen MR) is 113 cm³/mol. The maximum absolute atomic E-state index is 12.5. The Bertz CT molecular complexity index is 815. The minimum Gasteiger partial charge on any atom is -0.462 e. The standard InChI is InChI=1S/C25H36O6/c1-15(26)31-21-14-19-18(6-5-16-13-17(27)7-9-22(16,19)2)25(28)10-8-20(23(21,25)3)24(4)29-11-12-30-24/h7,9,16,18-21,28H,5-6,8,10-14H2,1-4H3/t16-,18-,19+,20+,21-,22+,23+,25+/m1/s1. The fraction of sp³-hybridized carbons (Fsp3) is 0.840. The molecule has 3 saturated carbocycles. The number of carbonyl (C=O) groups excluding carboxylic acids is 2. The smallest absolute Gasteiger partial charge is 0.302 e. The van der Waals surface area contributed by atoms with Crippen LogP contribution in [0.1, 0.15) is 66.2 Å². The second-order valence-electron chi connectivity index (χ2n) is 11.2. The lowest BCUT2D eigenvalue weighted by molar-refractivity contribution is -0.281. The number of fused-ring (bicyclic) bond motifs is 5. The van der Waals surface area contributed by atoms with Gasteiger partial charge in [0.05, 0.1) is 18.8 Å². The maximum Gasteiger partial charge on any atom is 0.302 e. The third-order valence-corrected chi connectivity index (χ3v) is 10.1. The Morgan fingerprint density at radius 1 is 1.13 bits per heavy atom. The molecule has 8 atom stereocenters. The predicted octanol–water partition coefficient (Wildman–Crippen LogP) is 3.41. The summed E-state index contributed by atoms with van der Waals surface area (Å²) in [5.74, 6) is -0.416. The van der Waals surface area contributed by atoms with Crippen LogP contribution in [-0.4, -0.2) is 47.6 Å². The Kier molecular flexibility index (Phi) is 4.79. The fourth-order valence-corrected chi connectivity index (χ4v) is 8.49. The van der Waals surface area contributed by atoms with E-state index in [1.807, 2.05) is 6.92 Å². The average molecular weight is 433 g/mol. The highest BCUT2D eigenvalue weighted by Crippen LogP contribution is 2.70. The number of esters is 1. The van der Waals surface area contributed by atoms with Gasteiger partial charge in [-0.3, -0.25) is 9.59 Å². The molecule has 0 bridgehead atoms. The molecule has 0 aromatic rings. The van der Waals surface area contributed by atoms with Crippen LogP contribution in [-0.2, 0) is 23.8 Å². The van der Waals surface area contributed by atoms with Crippen LogP contribution in [0.3, 0.4) is 0 Å². The van der Waals surface area contributed by atoms with Crippen molar-refractivity contribution in [3.63, 3.8) is 0 Å². The summed E-state index contributed by atoms with van der Waals surface area (Å²) in [7, 11) is 0. The SMILES string of the molecule is CC(=O)O[C@@H]1C[C@H]2[C@@H](CC[C@@H]3CC(=O)C=C[C@@]32C)[C@@]2(O)CC[C@H](C3(C)OCCO3)[C@@]12C. The second kappa shape index (κ2) is 6.88. The van der Waals surface area contributed by atoms with Gasteiger partial charge < -0.3 is 19.3 Å². The quantitative estimate of drug-likeness (QED) is 0.674. The molecule has 5 aliphatic rings. The molecule has 31 heavy (non-hydrogen) atoms. The Balaban J connectivity index is 1.59. The molecular formula is C25H36O6. The summed E-state index contributed by atoms with van der Waals surface area (Å²) in [6, 6.07) is 0. The Hall–Kier alpha value is -1.24. The molecular weight excluding hydrogens is 396 g/mol. The number of aliphatic hydroxyl groups is 1. The highest BCUT2D eigenvalue weighted by molar-refractivity contribution is 5.91. The molecule has 5 rings (SSSR count). The molecule has 6 nitrogen and oxygen atoms in total. The summed E-state index contributed by atoms with van der Waals surface area (Å²) in [5.41, 5.74) is -1.80. The number of hydrogen-bond acceptors (Lipinski definition) is 6. The van der Waals surface area contributed by atoms with Crippen LogP contribution in [0, 0.1) is 34.5 Å². The molecule has 4 fully saturated rings. The van der Waals surface area contributed by atoms with Crippen LogP contribution in [0.5, 0.6) is 0 Å². The maximum atomic E-state index is 12.5. The van der Waals surface area contributed by atoms with Crippen molar-refractivity contribution in [3.8, 4) is 0 Å². The lowest BCUT2D eigenvalue weighted by atomic mass is 9.43. The van der Waals surface area contributed by atoms with E-state index in [2.05, 4.69) is 19.9 Å². The first kappa shape index (κ1) is 21.6. The summed E-state index contributed by atoms with van der Waals surface area (Å²) in [5, 5.41) is 12.5. The molecule has 0 unspecified atom stereocenters. The molecule has 0 aromatic carbocycles. The topological polar surface area (TPSA) is 82.1 Å². The molecule has 1 N–H and O–H groups in total. The van der Waals surface area contributed by atoms with Gasteiger partial charge in [0.2, 0.25) is 0 Å². The van der Waals surface area contributed by atoms with Crippen LogP contribution in [0.4, 0.5) is 0 Å². The van der Waals surface area contributed by atoms with Gasteiger partial charge in [0.1, 0.15) is 6.10 Å². The van der Waals surface area contributed by atoms with Crippen LogP contribution in [0.15, 0.2) is 12.2 Å². The molecule has 0 amide bonds. The normalized spacial score (nSPS) is 50.5. The van der Waals surface area contributed by atoms with E-state index in [-0.39, 0.29) is 40.8 Å². The van der Waals surface area contributed by atoms with Crippen LogP contribution >= 0.6 is 0 Å². The molecule has 0 aromatic heterocycles. The molecule has 1 saturated heterocycles. The Labute approximate surface area is 184 Å².